The van der Waals surface area contributed by atoms with Crippen molar-refractivity contribution in [3.63, 3.8) is 0 Å². The van der Waals surface area contributed by atoms with Crippen molar-refractivity contribution < 1.29 is 19.4 Å². The number of carbonyl (C=O) groups excluding carboxylic acids is 2. The Labute approximate surface area is 146 Å². The molecule has 0 amide bonds. The molecule has 4 heteroatoms. The van der Waals surface area contributed by atoms with Gasteiger partial charge in [-0.05, 0) is 19.3 Å². The summed E-state index contributed by atoms with van der Waals surface area (Å²) in [6, 6.07) is 0. The number of allylic oxidation sites excluding steroid dienone is 1. The van der Waals surface area contributed by atoms with Gasteiger partial charge >= 0.3 is 5.97 Å². The van der Waals surface area contributed by atoms with Crippen molar-refractivity contribution in [2.75, 3.05) is 0 Å². The van der Waals surface area contributed by atoms with Crippen LogP contribution in [0.2, 0.25) is 0 Å². The summed E-state index contributed by atoms with van der Waals surface area (Å²) in [6.45, 7) is 4.28. The monoisotopic (exact) mass is 338 g/mol. The molecule has 1 aliphatic heterocycles. The maximum Gasteiger partial charge on any atom is 0.345 e. The molecule has 1 heterocycles. The van der Waals surface area contributed by atoms with E-state index in [0.717, 1.165) is 38.5 Å². The lowest BCUT2D eigenvalue weighted by Crippen LogP contribution is -2.33. The Morgan fingerprint density at radius 3 is 2.17 bits per heavy atom. The van der Waals surface area contributed by atoms with E-state index >= 15 is 0 Å². The minimum absolute atomic E-state index is 0.0900. The van der Waals surface area contributed by atoms with Gasteiger partial charge in [0.25, 0.3) is 0 Å². The molecule has 0 spiro atoms. The molecule has 0 aromatic carbocycles. The summed E-state index contributed by atoms with van der Waals surface area (Å²) >= 11 is 0. The first kappa shape index (κ1) is 20.7. The summed E-state index contributed by atoms with van der Waals surface area (Å²) in [4.78, 5) is 24.2. The predicted molar refractivity (Wildman–Crippen MR) is 95.9 cm³/mol. The molecule has 1 rings (SSSR count). The number of ether oxygens (including phenoxy) is 1. The largest absolute Gasteiger partial charge is 0.511 e. The van der Waals surface area contributed by atoms with Gasteiger partial charge in [-0.3, -0.25) is 4.79 Å². The fourth-order valence-corrected chi connectivity index (χ4v) is 3.11. The summed E-state index contributed by atoms with van der Waals surface area (Å²) in [7, 11) is 0. The molecule has 1 aliphatic rings. The summed E-state index contributed by atoms with van der Waals surface area (Å²) in [6.07, 6.45) is 12.2. The van der Waals surface area contributed by atoms with Crippen molar-refractivity contribution in [2.24, 2.45) is 0 Å². The van der Waals surface area contributed by atoms with Crippen molar-refractivity contribution >= 4 is 11.8 Å². The highest BCUT2D eigenvalue weighted by Crippen LogP contribution is 2.24. The molecule has 0 radical (unpaired) electrons. The van der Waals surface area contributed by atoms with Crippen LogP contribution in [0.1, 0.15) is 97.3 Å². The van der Waals surface area contributed by atoms with E-state index in [-0.39, 0.29) is 29.6 Å². The molecular formula is C20H34O4. The second-order valence-corrected chi connectivity index (χ2v) is 6.84. The van der Waals surface area contributed by atoms with E-state index in [2.05, 4.69) is 13.8 Å². The summed E-state index contributed by atoms with van der Waals surface area (Å²) < 4.78 is 5.36. The van der Waals surface area contributed by atoms with Crippen LogP contribution in [0.5, 0.6) is 0 Å². The van der Waals surface area contributed by atoms with E-state index < -0.39 is 5.97 Å². The van der Waals surface area contributed by atoms with E-state index in [9.17, 15) is 14.7 Å². The van der Waals surface area contributed by atoms with Crippen molar-refractivity contribution in [1.29, 1.82) is 0 Å². The van der Waals surface area contributed by atoms with Gasteiger partial charge in [0.2, 0.25) is 0 Å². The lowest BCUT2D eigenvalue weighted by molar-refractivity contribution is -0.151. The molecule has 0 bridgehead atoms. The van der Waals surface area contributed by atoms with Gasteiger partial charge < -0.3 is 9.84 Å². The number of hydrogen-bond acceptors (Lipinski definition) is 4. The molecule has 4 nitrogen and oxygen atoms in total. The first-order valence-corrected chi connectivity index (χ1v) is 9.76. The Hall–Kier alpha value is -1.32. The van der Waals surface area contributed by atoms with Gasteiger partial charge in [-0.15, -0.1) is 0 Å². The Balaban J connectivity index is 2.33. The second kappa shape index (κ2) is 12.1. The quantitative estimate of drug-likeness (QED) is 0.170. The number of ketones is 1. The smallest absolute Gasteiger partial charge is 0.345 e. The van der Waals surface area contributed by atoms with Crippen LogP contribution in [0.4, 0.5) is 0 Å². The Morgan fingerprint density at radius 2 is 1.54 bits per heavy atom. The van der Waals surface area contributed by atoms with Gasteiger partial charge in [0, 0.05) is 12.8 Å². The van der Waals surface area contributed by atoms with Gasteiger partial charge in [-0.25, -0.2) is 4.79 Å². The summed E-state index contributed by atoms with van der Waals surface area (Å²) in [5.41, 5.74) is -0.109. The molecule has 0 saturated carbocycles. The first-order chi connectivity index (χ1) is 11.6. The second-order valence-electron chi connectivity index (χ2n) is 6.84. The van der Waals surface area contributed by atoms with Gasteiger partial charge in [-0.2, -0.15) is 0 Å². The minimum atomic E-state index is -0.631. The van der Waals surface area contributed by atoms with Crippen LogP contribution in [0.25, 0.3) is 0 Å². The van der Waals surface area contributed by atoms with E-state index in [1.54, 1.807) is 0 Å². The number of rotatable bonds is 12. The van der Waals surface area contributed by atoms with Crippen LogP contribution < -0.4 is 0 Å². The van der Waals surface area contributed by atoms with Crippen LogP contribution in [-0.2, 0) is 14.3 Å². The van der Waals surface area contributed by atoms with Crippen LogP contribution in [0.15, 0.2) is 11.3 Å². The highest BCUT2D eigenvalue weighted by Gasteiger charge is 2.34. The van der Waals surface area contributed by atoms with Crippen LogP contribution in [-0.4, -0.2) is 23.0 Å². The molecule has 1 atom stereocenters. The third-order valence-corrected chi connectivity index (χ3v) is 4.61. The maximum atomic E-state index is 12.2. The number of esters is 1. The molecule has 138 valence electrons. The molecule has 24 heavy (non-hydrogen) atoms. The van der Waals surface area contributed by atoms with Gasteiger partial charge in [0.1, 0.15) is 17.4 Å². The summed E-state index contributed by atoms with van der Waals surface area (Å²) in [5, 5.41) is 10.0. The fraction of sp³-hybridized carbons (Fsp3) is 0.800. The minimum Gasteiger partial charge on any atom is -0.511 e. The standard InChI is InChI=1S/C20H34O4/c1-3-5-7-8-9-10-12-13-16-15-18(22)19(20(23)24-16)17(21)14-11-6-4-2/h16,21H,3-15H2,1-2H3/b19-17+/t16-/m1/s1. The first-order valence-electron chi connectivity index (χ1n) is 9.76. The van der Waals surface area contributed by atoms with Crippen LogP contribution in [0.3, 0.4) is 0 Å². The Bertz CT molecular complexity index is 405. The number of aliphatic hydroxyl groups excluding tert-OH is 1. The average molecular weight is 338 g/mol. The zero-order valence-corrected chi connectivity index (χ0v) is 15.4. The molecule has 1 N–H and O–H groups in total. The number of cyclic esters (lactones) is 1. The van der Waals surface area contributed by atoms with E-state index in [0.29, 0.717) is 6.42 Å². The molecule has 0 aromatic heterocycles. The molecule has 0 aliphatic carbocycles. The van der Waals surface area contributed by atoms with E-state index in [4.69, 9.17) is 4.74 Å². The lowest BCUT2D eigenvalue weighted by Gasteiger charge is -2.23. The molecule has 1 saturated heterocycles. The number of hydrogen-bond donors (Lipinski definition) is 1. The maximum absolute atomic E-state index is 12.2. The number of aliphatic hydroxyl groups is 1. The zero-order valence-electron chi connectivity index (χ0n) is 15.4. The molecule has 0 unspecified atom stereocenters. The van der Waals surface area contributed by atoms with E-state index in [1.807, 2.05) is 0 Å². The van der Waals surface area contributed by atoms with Gasteiger partial charge in [-0.1, -0.05) is 65.2 Å². The van der Waals surface area contributed by atoms with Crippen molar-refractivity contribution in [3.05, 3.63) is 11.3 Å². The molecule has 1 fully saturated rings. The van der Waals surface area contributed by atoms with Crippen molar-refractivity contribution in [1.82, 2.24) is 0 Å². The fourth-order valence-electron chi connectivity index (χ4n) is 3.11. The van der Waals surface area contributed by atoms with Crippen LogP contribution in [0, 0.1) is 0 Å². The van der Waals surface area contributed by atoms with Crippen molar-refractivity contribution in [2.45, 2.75) is 103 Å². The van der Waals surface area contributed by atoms with Crippen molar-refractivity contribution in [3.8, 4) is 0 Å². The van der Waals surface area contributed by atoms with Gasteiger partial charge in [0.15, 0.2) is 5.78 Å². The molecule has 0 aromatic rings. The normalized spacial score (nSPS) is 20.2. The highest BCUT2D eigenvalue weighted by atomic mass is 16.5. The number of unbranched alkanes of at least 4 members (excludes halogenated alkanes) is 8. The third kappa shape index (κ3) is 7.50. The Morgan fingerprint density at radius 1 is 0.958 bits per heavy atom. The lowest BCUT2D eigenvalue weighted by atomic mass is 9.96. The average Bonchev–Trinajstić information content (AvgIpc) is 2.53. The molecular weight excluding hydrogens is 304 g/mol. The zero-order chi connectivity index (χ0) is 17.8. The predicted octanol–water partition coefficient (Wildman–Crippen LogP) is 5.40. The van der Waals surface area contributed by atoms with E-state index in [1.165, 1.54) is 32.1 Å². The number of carbonyl (C=O) groups is 2. The SMILES string of the molecule is CCCCCCCCC[C@@H]1CC(=O)/C(=C(\O)CCCCC)C(=O)O1. The Kier molecular flexibility index (Phi) is 10.4. The van der Waals surface area contributed by atoms with Crippen LogP contribution >= 0.6 is 0 Å². The topological polar surface area (TPSA) is 63.6 Å². The van der Waals surface area contributed by atoms with Gasteiger partial charge in [0.05, 0.1) is 0 Å². The summed E-state index contributed by atoms with van der Waals surface area (Å²) in [5.74, 6) is -0.978. The third-order valence-electron chi connectivity index (χ3n) is 4.61. The highest BCUT2D eigenvalue weighted by molar-refractivity contribution is 6.19. The number of Topliss-reactive ketones (excluding diaryl/α,β-unsaturated/α-hetero) is 1.